The van der Waals surface area contributed by atoms with Crippen LogP contribution >= 0.6 is 33.1 Å². The molecule has 1 aromatic heterocycles. The maximum absolute atomic E-state index is 4.62. The zero-order chi connectivity index (χ0) is 13.0. The van der Waals surface area contributed by atoms with Crippen molar-refractivity contribution in [2.24, 2.45) is 0 Å². The fourth-order valence-corrected chi connectivity index (χ4v) is 5.84. The van der Waals surface area contributed by atoms with E-state index in [0.717, 1.165) is 13.5 Å². The molecule has 0 fully saturated rings. The molecule has 1 aromatic carbocycles. The van der Waals surface area contributed by atoms with Gasteiger partial charge >= 0.3 is 0 Å². The Morgan fingerprint density at radius 2 is 2.11 bits per heavy atom. The molecule has 0 amide bonds. The quantitative estimate of drug-likeness (QED) is 0.719. The second-order valence-corrected chi connectivity index (χ2v) is 13.4. The van der Waals surface area contributed by atoms with Gasteiger partial charge in [0.25, 0.3) is 0 Å². The van der Waals surface area contributed by atoms with Crippen LogP contribution in [0.25, 0.3) is 10.9 Å². The molecule has 0 saturated carbocycles. The molecule has 0 aliphatic rings. The van der Waals surface area contributed by atoms with E-state index in [1.165, 1.54) is 35.5 Å². The van der Waals surface area contributed by atoms with Gasteiger partial charge in [-0.25, -0.2) is 0 Å². The highest BCUT2D eigenvalue weighted by Crippen LogP contribution is 2.65. The minimum absolute atomic E-state index is 0.139. The molecule has 5 heteroatoms. The molecular formula is C13H19NP4. The van der Waals surface area contributed by atoms with Crippen LogP contribution in [0.3, 0.4) is 0 Å². The van der Waals surface area contributed by atoms with Gasteiger partial charge in [0.05, 0.1) is 5.52 Å². The zero-order valence-electron chi connectivity index (χ0n) is 10.6. The van der Waals surface area contributed by atoms with Gasteiger partial charge in [-0.15, -0.1) is 17.9 Å². The van der Waals surface area contributed by atoms with Crippen molar-refractivity contribution in [2.75, 3.05) is 0 Å². The van der Waals surface area contributed by atoms with Crippen LogP contribution in [0.5, 0.6) is 0 Å². The summed E-state index contributed by atoms with van der Waals surface area (Å²) >= 11 is 0. The van der Waals surface area contributed by atoms with Crippen molar-refractivity contribution in [2.45, 2.75) is 26.2 Å². The number of hydrogen-bond donors (Lipinski definition) is 0. The molecule has 0 spiro atoms. The lowest BCUT2D eigenvalue weighted by molar-refractivity contribution is 0.801. The fourth-order valence-electron chi connectivity index (χ4n) is 2.08. The van der Waals surface area contributed by atoms with E-state index in [1.54, 1.807) is 0 Å². The van der Waals surface area contributed by atoms with E-state index in [4.69, 9.17) is 0 Å². The fraction of sp³-hybridized carbons (Fsp3) is 0.308. The largest absolute Gasteiger partial charge is 0.256 e. The predicted octanol–water partition coefficient (Wildman–Crippen LogP) is 4.86. The van der Waals surface area contributed by atoms with E-state index < -0.39 is 0 Å². The summed E-state index contributed by atoms with van der Waals surface area (Å²) in [5, 5.41) is 2.82. The number of rotatable bonds is 5. The SMILES string of the molecule is CCCCc1c(P(P)PP)cnc2ccccc12. The summed E-state index contributed by atoms with van der Waals surface area (Å²) in [6.45, 7) is 2.25. The molecule has 0 N–H and O–H groups in total. The summed E-state index contributed by atoms with van der Waals surface area (Å²) in [6.07, 6.45) is 5.78. The number of para-hydroxylation sites is 1. The first kappa shape index (κ1) is 14.8. The van der Waals surface area contributed by atoms with Crippen molar-refractivity contribution >= 4 is 49.3 Å². The molecule has 0 bridgehead atoms. The highest BCUT2D eigenvalue weighted by molar-refractivity contribution is 8.63. The number of pyridine rings is 1. The standard InChI is InChI=1S/C13H19NP4/c1-2-3-6-11-10-7-4-5-8-12(10)14-9-13(11)18(16)17-15/h4-5,7-9,17H,2-3,6,15-16H2,1H3. The summed E-state index contributed by atoms with van der Waals surface area (Å²) in [4.78, 5) is 4.62. The lowest BCUT2D eigenvalue weighted by Gasteiger charge is -2.16. The molecule has 4 unspecified atom stereocenters. The van der Waals surface area contributed by atoms with E-state index >= 15 is 0 Å². The molecule has 2 rings (SSSR count). The molecule has 0 aliphatic heterocycles. The number of fused-ring (bicyclic) bond motifs is 1. The number of aromatic nitrogens is 1. The molecule has 0 saturated heterocycles. The van der Waals surface area contributed by atoms with Gasteiger partial charge in [-0.3, -0.25) is 4.98 Å². The molecular weight excluding hydrogens is 294 g/mol. The highest BCUT2D eigenvalue weighted by atomic mass is 32.6. The van der Waals surface area contributed by atoms with Crippen molar-refractivity contribution < 1.29 is 0 Å². The van der Waals surface area contributed by atoms with Gasteiger partial charge in [-0.1, -0.05) is 39.5 Å². The normalized spacial score (nSPS) is 13.5. The third kappa shape index (κ3) is 3.26. The van der Waals surface area contributed by atoms with Crippen LogP contribution in [0, 0.1) is 0 Å². The van der Waals surface area contributed by atoms with Crippen LogP contribution in [0.2, 0.25) is 0 Å². The van der Waals surface area contributed by atoms with Gasteiger partial charge in [0.1, 0.15) is 0 Å². The summed E-state index contributed by atoms with van der Waals surface area (Å²) in [5.41, 5.74) is 2.66. The Morgan fingerprint density at radius 1 is 1.33 bits per heavy atom. The van der Waals surface area contributed by atoms with Gasteiger partial charge in [0, 0.05) is 16.9 Å². The Bertz CT molecular complexity index is 529. The van der Waals surface area contributed by atoms with E-state index in [2.05, 4.69) is 60.2 Å². The average molecular weight is 313 g/mol. The molecule has 96 valence electrons. The van der Waals surface area contributed by atoms with E-state index in [9.17, 15) is 0 Å². The Labute approximate surface area is 117 Å². The van der Waals surface area contributed by atoms with E-state index in [1.807, 2.05) is 0 Å². The number of aryl methyl sites for hydroxylation is 1. The third-order valence-corrected chi connectivity index (χ3v) is 13.1. The Morgan fingerprint density at radius 3 is 2.83 bits per heavy atom. The maximum Gasteiger partial charge on any atom is 0.0705 e. The second kappa shape index (κ2) is 7.22. The number of hydrogen-bond acceptors (Lipinski definition) is 1. The van der Waals surface area contributed by atoms with Crippen molar-refractivity contribution in [3.63, 3.8) is 0 Å². The van der Waals surface area contributed by atoms with Crippen LogP contribution in [-0.4, -0.2) is 4.98 Å². The molecule has 18 heavy (non-hydrogen) atoms. The van der Waals surface area contributed by atoms with Gasteiger partial charge in [-0.05, 0) is 31.8 Å². The summed E-state index contributed by atoms with van der Waals surface area (Å²) in [6, 6.07) is 8.52. The number of benzene rings is 1. The van der Waals surface area contributed by atoms with Crippen LogP contribution < -0.4 is 5.30 Å². The molecule has 0 aliphatic carbocycles. The topological polar surface area (TPSA) is 12.9 Å². The minimum Gasteiger partial charge on any atom is -0.256 e. The molecule has 0 radical (unpaired) electrons. The monoisotopic (exact) mass is 313 g/mol. The Hall–Kier alpha value is 0.350. The zero-order valence-corrected chi connectivity index (χ0v) is 14.8. The van der Waals surface area contributed by atoms with Crippen LogP contribution in [0.15, 0.2) is 30.5 Å². The minimum atomic E-state index is -0.139. The van der Waals surface area contributed by atoms with Crippen molar-refractivity contribution in [1.29, 1.82) is 0 Å². The Balaban J connectivity index is 2.55. The van der Waals surface area contributed by atoms with Crippen molar-refractivity contribution in [3.05, 3.63) is 36.0 Å². The third-order valence-electron chi connectivity index (χ3n) is 3.04. The first-order chi connectivity index (χ1) is 8.77. The lowest BCUT2D eigenvalue weighted by atomic mass is 10.0. The Kier molecular flexibility index (Phi) is 5.92. The highest BCUT2D eigenvalue weighted by Gasteiger charge is 2.12. The summed E-state index contributed by atoms with van der Waals surface area (Å²) in [5.74, 6) is 0. The summed E-state index contributed by atoms with van der Waals surface area (Å²) in [7, 11) is 6.65. The first-order valence-electron chi connectivity index (χ1n) is 6.15. The molecule has 1 heterocycles. The molecule has 4 atom stereocenters. The van der Waals surface area contributed by atoms with Gasteiger partial charge in [0.15, 0.2) is 0 Å². The van der Waals surface area contributed by atoms with Crippen LogP contribution in [0.1, 0.15) is 25.3 Å². The first-order valence-corrected chi connectivity index (χ1v) is 12.8. The molecule has 2 aromatic rings. The van der Waals surface area contributed by atoms with E-state index in [0.29, 0.717) is 0 Å². The van der Waals surface area contributed by atoms with Gasteiger partial charge < -0.3 is 0 Å². The van der Waals surface area contributed by atoms with E-state index in [-0.39, 0.29) is 7.30 Å². The van der Waals surface area contributed by atoms with Crippen molar-refractivity contribution in [1.82, 2.24) is 4.98 Å². The van der Waals surface area contributed by atoms with Gasteiger partial charge in [-0.2, -0.15) is 0 Å². The number of nitrogens with zero attached hydrogens (tertiary/aromatic N) is 1. The smallest absolute Gasteiger partial charge is 0.0705 e. The predicted molar refractivity (Wildman–Crippen MR) is 94.6 cm³/mol. The van der Waals surface area contributed by atoms with Crippen molar-refractivity contribution in [3.8, 4) is 0 Å². The molecule has 1 nitrogen and oxygen atoms in total. The maximum atomic E-state index is 4.62. The van der Waals surface area contributed by atoms with Gasteiger partial charge in [0.2, 0.25) is 0 Å². The lowest BCUT2D eigenvalue weighted by Crippen LogP contribution is -2.07. The number of unbranched alkanes of at least 4 members (excludes halogenated alkanes) is 1. The van der Waals surface area contributed by atoms with Crippen LogP contribution in [0.4, 0.5) is 0 Å². The summed E-state index contributed by atoms with van der Waals surface area (Å²) < 4.78 is 0. The van der Waals surface area contributed by atoms with Crippen LogP contribution in [-0.2, 0) is 6.42 Å². The average Bonchev–Trinajstić information content (AvgIpc) is 2.43. The second-order valence-electron chi connectivity index (χ2n) is 4.24.